The molecule has 4 rings (SSSR count). The maximum absolute atomic E-state index is 4.76. The quantitative estimate of drug-likeness (QED) is 0.122. The summed E-state index contributed by atoms with van der Waals surface area (Å²) in [7, 11) is 4.34. The van der Waals surface area contributed by atoms with E-state index in [-0.39, 0.29) is 12.8 Å². The van der Waals surface area contributed by atoms with E-state index in [1.165, 1.54) is 121 Å². The van der Waals surface area contributed by atoms with Crippen molar-refractivity contribution in [1.82, 2.24) is 9.80 Å². The summed E-state index contributed by atoms with van der Waals surface area (Å²) in [4.78, 5) is 10.2. The van der Waals surface area contributed by atoms with Gasteiger partial charge in [0.1, 0.15) is 0 Å². The molecule has 0 amide bonds. The molecule has 2 aliphatic heterocycles. The molecular formula is C33H57BCl2N5S. The van der Waals surface area contributed by atoms with Gasteiger partial charge in [-0.2, -0.15) is 0 Å². The third kappa shape index (κ3) is 18.4. The van der Waals surface area contributed by atoms with Gasteiger partial charge in [0.05, 0.1) is 5.34 Å². The molecule has 0 unspecified atom stereocenters. The molecule has 2 aliphatic rings. The van der Waals surface area contributed by atoms with Gasteiger partial charge in [0, 0.05) is 63.7 Å². The van der Waals surface area contributed by atoms with E-state index in [0.717, 1.165) is 0 Å². The maximum atomic E-state index is 4.76. The van der Waals surface area contributed by atoms with Crippen LogP contribution in [0, 0.1) is 6.92 Å². The molecule has 9 heteroatoms. The average Bonchev–Trinajstić information content (AvgIpc) is 3.00. The minimum absolute atomic E-state index is 0. The average molecular weight is 638 g/mol. The van der Waals surface area contributed by atoms with Crippen LogP contribution in [-0.2, 0) is 0 Å². The van der Waals surface area contributed by atoms with Crippen molar-refractivity contribution in [2.24, 2.45) is 4.30 Å². The van der Waals surface area contributed by atoms with Gasteiger partial charge in [-0.1, -0.05) is 82.9 Å². The molecule has 42 heavy (non-hydrogen) atoms. The van der Waals surface area contributed by atoms with Crippen molar-refractivity contribution in [1.29, 1.82) is 0 Å². The number of alkyl halides is 2. The van der Waals surface area contributed by atoms with Crippen molar-refractivity contribution in [3.8, 4) is 0 Å². The molecule has 0 aliphatic carbocycles. The van der Waals surface area contributed by atoms with Crippen molar-refractivity contribution < 1.29 is 0 Å². The number of rotatable bonds is 10. The van der Waals surface area contributed by atoms with Crippen LogP contribution in [0.25, 0.3) is 0 Å². The van der Waals surface area contributed by atoms with Crippen LogP contribution in [0.3, 0.4) is 0 Å². The number of benzene rings is 2. The molecule has 0 spiro atoms. The first-order valence-electron chi connectivity index (χ1n) is 15.2. The molecule has 2 fully saturated rings. The van der Waals surface area contributed by atoms with Crippen LogP contribution in [0.15, 0.2) is 58.9 Å². The van der Waals surface area contributed by atoms with Crippen LogP contribution in [0.1, 0.15) is 65.4 Å². The molecule has 0 bridgehead atoms. The van der Waals surface area contributed by atoms with Gasteiger partial charge in [0.25, 0.3) is 0 Å². The zero-order valence-corrected chi connectivity index (χ0v) is 28.1. The normalized spacial score (nSPS) is 15.1. The molecule has 237 valence electrons. The Morgan fingerprint density at radius 3 is 1.38 bits per heavy atom. The topological polar surface area (TPSA) is 25.3 Å². The van der Waals surface area contributed by atoms with Crippen molar-refractivity contribution in [3.63, 3.8) is 0 Å². The number of hydrogen-bond acceptors (Lipinski definition) is 6. The van der Waals surface area contributed by atoms with Gasteiger partial charge in [-0.05, 0) is 57.1 Å². The van der Waals surface area contributed by atoms with Gasteiger partial charge in [-0.25, -0.2) is 0 Å². The van der Waals surface area contributed by atoms with E-state index >= 15 is 0 Å². The summed E-state index contributed by atoms with van der Waals surface area (Å²) in [5.41, 5.74) is 4.10. The molecule has 0 saturated carbocycles. The Morgan fingerprint density at radius 2 is 1.02 bits per heavy atom. The fourth-order valence-corrected chi connectivity index (χ4v) is 5.02. The number of halogens is 2. The molecule has 0 aromatic heterocycles. The number of anilines is 2. The summed E-state index contributed by atoms with van der Waals surface area (Å²) in [5, 5.41) is 0.194. The zero-order valence-electron chi connectivity index (χ0n) is 25.7. The Bertz CT molecular complexity index is 863. The molecule has 2 heterocycles. The van der Waals surface area contributed by atoms with Gasteiger partial charge in [-0.3, -0.25) is 9.80 Å². The predicted molar refractivity (Wildman–Crippen MR) is 194 cm³/mol. The number of para-hydroxylation sites is 1. The van der Waals surface area contributed by atoms with E-state index in [2.05, 4.69) is 120 Å². The fraction of sp³-hybridized carbons (Fsp3) is 0.636. The second-order valence-corrected chi connectivity index (χ2v) is 11.5. The third-order valence-electron chi connectivity index (χ3n) is 7.42. The minimum atomic E-state index is 0. The Labute approximate surface area is 275 Å². The van der Waals surface area contributed by atoms with Crippen molar-refractivity contribution in [3.05, 3.63) is 60.2 Å². The van der Waals surface area contributed by atoms with Gasteiger partial charge in [-0.15, -0.1) is 23.2 Å². The van der Waals surface area contributed by atoms with Gasteiger partial charge >= 0.3 is 24.8 Å². The summed E-state index contributed by atoms with van der Waals surface area (Å²) in [5.74, 6) is 0. The van der Waals surface area contributed by atoms with Crippen LogP contribution in [0.2, 0.25) is 0 Å². The van der Waals surface area contributed by atoms with Crippen molar-refractivity contribution in [2.45, 2.75) is 66.7 Å². The molecule has 2 aromatic rings. The monoisotopic (exact) mass is 636 g/mol. The van der Waals surface area contributed by atoms with Gasteiger partial charge in [0.2, 0.25) is 0 Å². The van der Waals surface area contributed by atoms with Crippen LogP contribution >= 0.6 is 36.0 Å². The van der Waals surface area contributed by atoms with Gasteiger partial charge < -0.3 is 9.80 Å². The molecule has 5 nitrogen and oxygen atoms in total. The first-order chi connectivity index (χ1) is 20.0. The number of unbranched alkanes of at least 4 members (excludes halogenated alkanes) is 4. The number of nitrogens with zero attached hydrogens (tertiary/aromatic N) is 5. The predicted octanol–water partition coefficient (Wildman–Crippen LogP) is 8.55. The molecule has 2 saturated heterocycles. The van der Waals surface area contributed by atoms with E-state index in [9.17, 15) is 0 Å². The number of piperazine rings is 2. The molecule has 0 atom stereocenters. The van der Waals surface area contributed by atoms with E-state index in [1.54, 1.807) is 0 Å². The van der Waals surface area contributed by atoms with Crippen LogP contribution in [0.4, 0.5) is 11.4 Å². The fourth-order valence-electron chi connectivity index (χ4n) is 5.02. The molecule has 2 aromatic carbocycles. The summed E-state index contributed by atoms with van der Waals surface area (Å²) in [6, 6.07) is 19.7. The summed E-state index contributed by atoms with van der Waals surface area (Å²) in [6.07, 6.45) is 8.12. The van der Waals surface area contributed by atoms with Gasteiger partial charge in [0.15, 0.2) is 0 Å². The van der Waals surface area contributed by atoms with Crippen LogP contribution in [-0.4, -0.2) is 88.2 Å². The second kappa shape index (κ2) is 27.3. The Kier molecular flexibility index (Phi) is 26.5. The second-order valence-electron chi connectivity index (χ2n) is 10.5. The van der Waals surface area contributed by atoms with E-state index < -0.39 is 0 Å². The van der Waals surface area contributed by atoms with Crippen molar-refractivity contribution in [2.75, 3.05) is 80.6 Å². The molecule has 1 radical (unpaired) electrons. The first-order valence-corrected chi connectivity index (χ1v) is 16.7. The summed E-state index contributed by atoms with van der Waals surface area (Å²) < 4.78 is 2.69. The van der Waals surface area contributed by atoms with E-state index in [1.807, 2.05) is 0 Å². The summed E-state index contributed by atoms with van der Waals surface area (Å²) >= 11 is 12.7. The number of hydrogen-bond donors (Lipinski definition) is 1. The van der Waals surface area contributed by atoms with E-state index in [4.69, 9.17) is 23.2 Å². The standard InChI is InChI=1S/C16H26N2.C15H24N2.CH2Cl2.CH4.BHNS/c1-3-4-5-10-17-11-13-18(14-12-17)16-8-6-15(2)7-9-16;1-2-3-7-10-16-11-13-17(14-12-16)15-8-5-4-6-9-15;2-1-3;;1-2-3/h6-9H,3-5,10-14H2,1-2H3;4-6,8-9H,2-3,7,10-14H2,1H3;1H2;1H4;3H. The van der Waals surface area contributed by atoms with E-state index in [0.29, 0.717) is 0 Å². The third-order valence-corrected chi connectivity index (χ3v) is 7.42. The SMILES string of the molecule is C.CCCCCN1CCN(c2ccc(C)cc2)CC1.CCCCCN1CCN(c2ccccc2)CC1.ClCCl.[B]=NS. The molecule has 0 N–H and O–H groups in total. The van der Waals surface area contributed by atoms with Crippen LogP contribution < -0.4 is 9.80 Å². The zero-order chi connectivity index (χ0) is 30.1. The number of aryl methyl sites for hydroxylation is 1. The van der Waals surface area contributed by atoms with Crippen LogP contribution in [0.5, 0.6) is 0 Å². The Balaban J connectivity index is 0.000000662. The summed E-state index contributed by atoms with van der Waals surface area (Å²) in [6.45, 7) is 18.9. The van der Waals surface area contributed by atoms with Crippen molar-refractivity contribution >= 4 is 55.0 Å². The first kappa shape index (κ1) is 40.8. The Morgan fingerprint density at radius 1 is 0.667 bits per heavy atom. The molecular weight excluding hydrogens is 580 g/mol. The number of thiol groups is 1. The Hall–Kier alpha value is -1.25.